The van der Waals surface area contributed by atoms with Gasteiger partial charge < -0.3 is 5.32 Å². The fourth-order valence-electron chi connectivity index (χ4n) is 0. The second kappa shape index (κ2) is 2.42. The second-order valence-corrected chi connectivity index (χ2v) is 3.18. The molecule has 1 atom stereocenters. The van der Waals surface area contributed by atoms with Crippen LogP contribution >= 0.6 is 0 Å². The van der Waals surface area contributed by atoms with Gasteiger partial charge in [-0.1, -0.05) is 6.92 Å². The van der Waals surface area contributed by atoms with Gasteiger partial charge in [-0.3, -0.25) is 0 Å². The first-order valence-electron chi connectivity index (χ1n) is 1.94. The van der Waals surface area contributed by atoms with Crippen LogP contribution in [-0.2, 0) is 0 Å². The molecule has 0 aliphatic rings. The molecule has 1 N–H and O–H groups in total. The topological polar surface area (TPSA) is 12.0 Å². The third-order valence-electron chi connectivity index (χ3n) is 0.577. The quantitative estimate of drug-likeness (QED) is 0.403. The van der Waals surface area contributed by atoms with Crippen molar-refractivity contribution in [3.8, 4) is 0 Å². The van der Waals surface area contributed by atoms with Crippen LogP contribution in [0.25, 0.3) is 0 Å². The van der Waals surface area contributed by atoms with Crippen molar-refractivity contribution in [2.24, 2.45) is 0 Å². The van der Waals surface area contributed by atoms with E-state index in [1.165, 1.54) is 10.2 Å². The normalized spacial score (nSPS) is 15.6. The summed E-state index contributed by atoms with van der Waals surface area (Å²) < 4.78 is 0. The molecule has 0 aromatic rings. The van der Waals surface area contributed by atoms with Crippen LogP contribution < -0.4 is 5.32 Å². The van der Waals surface area contributed by atoms with Gasteiger partial charge >= 0.3 is 0 Å². The smallest absolute Gasteiger partial charge is 0.0237 e. The van der Waals surface area contributed by atoms with Gasteiger partial charge in [0.05, 0.1) is 0 Å². The van der Waals surface area contributed by atoms with E-state index in [1.54, 1.807) is 0 Å². The molecule has 0 bridgehead atoms. The van der Waals surface area contributed by atoms with E-state index >= 15 is 0 Å². The van der Waals surface area contributed by atoms with E-state index in [0.717, 1.165) is 5.67 Å². The summed E-state index contributed by atoms with van der Waals surface area (Å²) in [7, 11) is 3.24. The van der Waals surface area contributed by atoms with Crippen molar-refractivity contribution < 1.29 is 0 Å². The summed E-state index contributed by atoms with van der Waals surface area (Å²) in [5, 5.41) is 3.09. The predicted octanol–water partition coefficient (Wildman–Crippen LogP) is -1.08. The van der Waals surface area contributed by atoms with Gasteiger partial charge in [0.2, 0.25) is 0 Å². The molecular formula is C3H11NSi. The van der Waals surface area contributed by atoms with Crippen LogP contribution in [0.15, 0.2) is 0 Å². The molecule has 0 aromatic carbocycles. The fourth-order valence-corrected chi connectivity index (χ4v) is 0. The molecule has 0 aliphatic heterocycles. The molecule has 0 amide bonds. The Hall–Kier alpha value is 0.177. The van der Waals surface area contributed by atoms with Gasteiger partial charge in [-0.05, 0) is 12.7 Å². The molecule has 2 heteroatoms. The van der Waals surface area contributed by atoms with Crippen molar-refractivity contribution >= 4 is 10.2 Å². The highest BCUT2D eigenvalue weighted by atomic mass is 28.1. The molecule has 32 valence electrons. The molecule has 0 rings (SSSR count). The summed E-state index contributed by atoms with van der Waals surface area (Å²) in [6.07, 6.45) is 0. The minimum atomic E-state index is 0.773. The van der Waals surface area contributed by atoms with Crippen molar-refractivity contribution in [1.82, 2.24) is 5.32 Å². The zero-order valence-corrected chi connectivity index (χ0v) is 6.08. The molecule has 1 nitrogen and oxygen atoms in total. The second-order valence-electron chi connectivity index (χ2n) is 1.44. The number of hydrogen-bond donors (Lipinski definition) is 1. The zero-order valence-electron chi connectivity index (χ0n) is 4.08. The molecule has 0 heterocycles. The largest absolute Gasteiger partial charge is 0.321 e. The maximum Gasteiger partial charge on any atom is 0.0237 e. The Labute approximate surface area is 36.2 Å². The van der Waals surface area contributed by atoms with Crippen LogP contribution in [0.5, 0.6) is 0 Å². The van der Waals surface area contributed by atoms with Gasteiger partial charge in [0.25, 0.3) is 0 Å². The molecule has 0 spiro atoms. The Balaban J connectivity index is 2.54. The maximum atomic E-state index is 3.09. The van der Waals surface area contributed by atoms with E-state index in [1.807, 2.05) is 7.05 Å². The number of nitrogens with one attached hydrogen (secondary N) is 1. The van der Waals surface area contributed by atoms with Gasteiger partial charge in [0.15, 0.2) is 0 Å². The van der Waals surface area contributed by atoms with Gasteiger partial charge in [-0.15, -0.1) is 0 Å². The standard InChI is InChI=1S/C3H11NSi/c1-3(5)4-2/h3-4H,1-2,5H3. The van der Waals surface area contributed by atoms with E-state index in [2.05, 4.69) is 12.2 Å². The molecular weight excluding hydrogens is 78.1 g/mol. The lowest BCUT2D eigenvalue weighted by atomic mass is 10.8. The minimum absolute atomic E-state index is 0.773. The summed E-state index contributed by atoms with van der Waals surface area (Å²) in [5.74, 6) is 0. The van der Waals surface area contributed by atoms with Gasteiger partial charge in [-0.2, -0.15) is 0 Å². The molecule has 0 aliphatic carbocycles. The summed E-state index contributed by atoms with van der Waals surface area (Å²) in [6.45, 7) is 2.17. The Morgan fingerprint density at radius 3 is 2.00 bits per heavy atom. The molecule has 0 fully saturated rings. The molecule has 5 heavy (non-hydrogen) atoms. The first-order valence-corrected chi connectivity index (χ1v) is 3.10. The van der Waals surface area contributed by atoms with E-state index in [9.17, 15) is 0 Å². The SMILES string of the molecule is CNC(C)[SiH3]. The van der Waals surface area contributed by atoms with Crippen LogP contribution in [0.4, 0.5) is 0 Å². The molecule has 0 saturated heterocycles. The van der Waals surface area contributed by atoms with E-state index in [0.29, 0.717) is 0 Å². The lowest BCUT2D eigenvalue weighted by Gasteiger charge is -1.95. The molecule has 0 radical (unpaired) electrons. The average Bonchev–Trinajstić information content (AvgIpc) is 1.38. The highest BCUT2D eigenvalue weighted by Crippen LogP contribution is 1.58. The summed E-state index contributed by atoms with van der Waals surface area (Å²) in [4.78, 5) is 0. The maximum absolute atomic E-state index is 3.09. The van der Waals surface area contributed by atoms with Crippen LogP contribution in [0.2, 0.25) is 0 Å². The van der Waals surface area contributed by atoms with Gasteiger partial charge in [0, 0.05) is 10.2 Å². The van der Waals surface area contributed by atoms with E-state index in [-0.39, 0.29) is 0 Å². The Kier molecular flexibility index (Phi) is 2.50. The van der Waals surface area contributed by atoms with E-state index < -0.39 is 0 Å². The number of rotatable bonds is 1. The Bertz CT molecular complexity index is 20.9. The third-order valence-corrected chi connectivity index (χ3v) is 1.15. The lowest BCUT2D eigenvalue weighted by Crippen LogP contribution is -2.20. The van der Waals surface area contributed by atoms with Crippen molar-refractivity contribution in [3.05, 3.63) is 0 Å². The van der Waals surface area contributed by atoms with Gasteiger partial charge in [0.1, 0.15) is 0 Å². The first kappa shape index (κ1) is 5.18. The zero-order chi connectivity index (χ0) is 4.28. The van der Waals surface area contributed by atoms with Crippen molar-refractivity contribution in [2.45, 2.75) is 12.6 Å². The highest BCUT2D eigenvalue weighted by molar-refractivity contribution is 6.11. The Morgan fingerprint density at radius 1 is 1.80 bits per heavy atom. The van der Waals surface area contributed by atoms with Crippen LogP contribution in [-0.4, -0.2) is 23.0 Å². The summed E-state index contributed by atoms with van der Waals surface area (Å²) in [6, 6.07) is 0. The Morgan fingerprint density at radius 2 is 2.00 bits per heavy atom. The third kappa shape index (κ3) is 4.18. The van der Waals surface area contributed by atoms with Crippen LogP contribution in [0.3, 0.4) is 0 Å². The van der Waals surface area contributed by atoms with Crippen molar-refractivity contribution in [1.29, 1.82) is 0 Å². The molecule has 0 aromatic heterocycles. The fraction of sp³-hybridized carbons (Fsp3) is 1.00. The van der Waals surface area contributed by atoms with Crippen molar-refractivity contribution in [2.75, 3.05) is 7.05 Å². The summed E-state index contributed by atoms with van der Waals surface area (Å²) in [5.41, 5.74) is 0.773. The van der Waals surface area contributed by atoms with Crippen molar-refractivity contribution in [3.63, 3.8) is 0 Å². The first-order chi connectivity index (χ1) is 2.27. The number of hydrogen-bond acceptors (Lipinski definition) is 1. The van der Waals surface area contributed by atoms with Gasteiger partial charge in [-0.25, -0.2) is 0 Å². The molecule has 0 saturated carbocycles. The average molecular weight is 89.2 g/mol. The molecule has 1 unspecified atom stereocenters. The van der Waals surface area contributed by atoms with E-state index in [4.69, 9.17) is 0 Å². The minimum Gasteiger partial charge on any atom is -0.321 e. The monoisotopic (exact) mass is 89.1 g/mol. The predicted molar refractivity (Wildman–Crippen MR) is 28.5 cm³/mol. The highest BCUT2D eigenvalue weighted by Gasteiger charge is 1.77. The summed E-state index contributed by atoms with van der Waals surface area (Å²) >= 11 is 0. The van der Waals surface area contributed by atoms with Crippen LogP contribution in [0, 0.1) is 0 Å². The van der Waals surface area contributed by atoms with Crippen LogP contribution in [0.1, 0.15) is 6.92 Å². The lowest BCUT2D eigenvalue weighted by molar-refractivity contribution is 0.794.